The average Bonchev–Trinajstić information content (AvgIpc) is 3.24. The van der Waals surface area contributed by atoms with E-state index in [0.29, 0.717) is 17.1 Å². The maximum absolute atomic E-state index is 12.6. The second-order valence-corrected chi connectivity index (χ2v) is 8.58. The van der Waals surface area contributed by atoms with Crippen LogP contribution in [0.4, 0.5) is 5.69 Å². The largest absolute Gasteiger partial charge is 0.496 e. The highest BCUT2D eigenvalue weighted by atomic mass is 35.5. The molecule has 1 atom stereocenters. The van der Waals surface area contributed by atoms with Gasteiger partial charge in [0.1, 0.15) is 29.5 Å². The van der Waals surface area contributed by atoms with Crippen LogP contribution in [-0.4, -0.2) is 40.1 Å². The van der Waals surface area contributed by atoms with Gasteiger partial charge in [0.25, 0.3) is 0 Å². The molecule has 2 heterocycles. The van der Waals surface area contributed by atoms with Crippen LogP contribution in [0, 0.1) is 0 Å². The molecule has 4 rings (SSSR count). The Morgan fingerprint density at radius 3 is 2.58 bits per heavy atom. The molecule has 1 amide bonds. The number of methoxy groups -OCH3 is 1. The molecule has 1 aliphatic carbocycles. The summed E-state index contributed by atoms with van der Waals surface area (Å²) in [5.41, 5.74) is 3.87. The van der Waals surface area contributed by atoms with E-state index in [0.717, 1.165) is 47.6 Å². The van der Waals surface area contributed by atoms with E-state index in [1.165, 1.54) is 19.3 Å². The minimum Gasteiger partial charge on any atom is -0.496 e. The van der Waals surface area contributed by atoms with Gasteiger partial charge in [-0.1, -0.05) is 6.42 Å². The highest BCUT2D eigenvalue weighted by Crippen LogP contribution is 2.38. The molecule has 3 aliphatic rings. The Bertz CT molecular complexity index is 983. The van der Waals surface area contributed by atoms with Gasteiger partial charge in [-0.25, -0.2) is 19.2 Å². The van der Waals surface area contributed by atoms with Crippen molar-refractivity contribution in [3.8, 4) is 17.1 Å². The Labute approximate surface area is 190 Å². The number of benzene rings is 1. The van der Waals surface area contributed by atoms with Crippen LogP contribution in [-0.2, 0) is 11.3 Å². The van der Waals surface area contributed by atoms with Gasteiger partial charge in [-0.15, -0.1) is 12.4 Å². The van der Waals surface area contributed by atoms with E-state index in [1.807, 2.05) is 18.5 Å². The quantitative estimate of drug-likeness (QED) is 0.378. The minimum atomic E-state index is 0. The standard InChI is InChI=1S/C24H31N4O2.ClH/c1-18(2)28(17-29,20-7-5-4-6-8-20)21-10-9-19(24(13-21)30-3)14-27-12-11-22-23(15-27)26-16-25-22;/h9-13,15-18,20H,4-8,14H2,1-3H3;1H/q+1;. The summed E-state index contributed by atoms with van der Waals surface area (Å²) in [5, 5.41) is 0. The fourth-order valence-electron chi connectivity index (χ4n) is 4.99. The Hall–Kier alpha value is -2.44. The fraction of sp³-hybridized carbons (Fsp3) is 0.458. The molecule has 0 N–H and O–H groups in total. The number of nitrogens with zero attached hydrogens (tertiary/aromatic N) is 4. The highest BCUT2D eigenvalue weighted by Gasteiger charge is 2.43. The molecule has 6 nitrogen and oxygen atoms in total. The van der Waals surface area contributed by atoms with Crippen molar-refractivity contribution in [2.75, 3.05) is 7.11 Å². The molecular formula is C24H32ClN4O2+. The molecule has 1 unspecified atom stereocenters. The maximum atomic E-state index is 12.6. The third-order valence-electron chi connectivity index (χ3n) is 6.65. The van der Waals surface area contributed by atoms with Crippen molar-refractivity contribution in [1.82, 2.24) is 19.0 Å². The molecule has 166 valence electrons. The van der Waals surface area contributed by atoms with Gasteiger partial charge in [-0.05, 0) is 38.8 Å². The lowest BCUT2D eigenvalue weighted by atomic mass is 9.90. The van der Waals surface area contributed by atoms with Crippen molar-refractivity contribution in [1.29, 1.82) is 0 Å². The molecule has 31 heavy (non-hydrogen) atoms. The number of hydrogen-bond acceptors (Lipinski definition) is 4. The van der Waals surface area contributed by atoms with E-state index in [4.69, 9.17) is 4.74 Å². The zero-order chi connectivity index (χ0) is 21.1. The number of carbonyl (C=O) groups is 1. The van der Waals surface area contributed by atoms with E-state index < -0.39 is 0 Å². The Morgan fingerprint density at radius 1 is 1.16 bits per heavy atom. The number of halogens is 1. The van der Waals surface area contributed by atoms with Crippen molar-refractivity contribution in [2.24, 2.45) is 0 Å². The monoisotopic (exact) mass is 443 g/mol. The number of carbonyl (C=O) groups excluding carboxylic acids is 1. The lowest BCUT2D eigenvalue weighted by Gasteiger charge is -2.44. The van der Waals surface area contributed by atoms with Crippen molar-refractivity contribution >= 4 is 24.5 Å². The first-order valence-electron chi connectivity index (χ1n) is 10.9. The lowest BCUT2D eigenvalue weighted by Crippen LogP contribution is -2.60. The van der Waals surface area contributed by atoms with Crippen molar-refractivity contribution in [3.63, 3.8) is 0 Å². The molecule has 0 radical (unpaired) electrons. The van der Waals surface area contributed by atoms with E-state index >= 15 is 0 Å². The molecule has 1 aromatic rings. The van der Waals surface area contributed by atoms with Gasteiger partial charge < -0.3 is 9.30 Å². The minimum absolute atomic E-state index is 0. The molecule has 0 spiro atoms. The summed E-state index contributed by atoms with van der Waals surface area (Å²) in [5.74, 6) is 0.814. The third kappa shape index (κ3) is 4.32. The first-order valence-corrected chi connectivity index (χ1v) is 10.9. The second-order valence-electron chi connectivity index (χ2n) is 8.58. The summed E-state index contributed by atoms with van der Waals surface area (Å²) >= 11 is 0. The first kappa shape index (κ1) is 23.2. The van der Waals surface area contributed by atoms with Crippen LogP contribution in [0.1, 0.15) is 51.5 Å². The number of hydrogen-bond donors (Lipinski definition) is 0. The number of aromatic nitrogens is 3. The number of amides is 1. The first-order chi connectivity index (χ1) is 14.6. The van der Waals surface area contributed by atoms with Crippen LogP contribution in [0.5, 0.6) is 5.75 Å². The van der Waals surface area contributed by atoms with Crippen LogP contribution in [0.25, 0.3) is 11.4 Å². The number of imidazole rings is 1. The second kappa shape index (κ2) is 9.79. The number of fused-ring (bicyclic) bond motifs is 1. The molecule has 0 saturated heterocycles. The fourth-order valence-corrected chi connectivity index (χ4v) is 4.99. The van der Waals surface area contributed by atoms with Crippen LogP contribution in [0.3, 0.4) is 0 Å². The van der Waals surface area contributed by atoms with Gasteiger partial charge in [0.05, 0.1) is 25.4 Å². The summed E-state index contributed by atoms with van der Waals surface area (Å²) in [7, 11) is 1.70. The third-order valence-corrected chi connectivity index (χ3v) is 6.65. The summed E-state index contributed by atoms with van der Waals surface area (Å²) in [6.45, 7) is 4.96. The molecule has 7 heteroatoms. The van der Waals surface area contributed by atoms with E-state index in [1.54, 1.807) is 13.4 Å². The normalized spacial score (nSPS) is 16.6. The molecule has 1 saturated carbocycles. The molecule has 1 aromatic carbocycles. The van der Waals surface area contributed by atoms with E-state index in [2.05, 4.69) is 46.6 Å². The van der Waals surface area contributed by atoms with Gasteiger partial charge in [-0.2, -0.15) is 0 Å². The van der Waals surface area contributed by atoms with E-state index in [-0.39, 0.29) is 18.4 Å². The number of pyridine rings is 1. The number of rotatable bonds is 7. The maximum Gasteiger partial charge on any atom is 0.307 e. The number of ether oxygens (including phenoxy) is 1. The lowest BCUT2D eigenvalue weighted by molar-refractivity contribution is -0.121. The van der Waals surface area contributed by atoms with Gasteiger partial charge in [0.15, 0.2) is 0 Å². The summed E-state index contributed by atoms with van der Waals surface area (Å²) < 4.78 is 8.23. The Kier molecular flexibility index (Phi) is 7.34. The van der Waals surface area contributed by atoms with Crippen molar-refractivity contribution < 1.29 is 9.53 Å². The van der Waals surface area contributed by atoms with Crippen LogP contribution < -0.4 is 9.22 Å². The smallest absolute Gasteiger partial charge is 0.307 e. The van der Waals surface area contributed by atoms with Gasteiger partial charge in [0.2, 0.25) is 0 Å². The van der Waals surface area contributed by atoms with Crippen LogP contribution in [0.2, 0.25) is 0 Å². The molecular weight excluding hydrogens is 412 g/mol. The van der Waals surface area contributed by atoms with Crippen molar-refractivity contribution in [2.45, 2.75) is 64.6 Å². The van der Waals surface area contributed by atoms with Crippen LogP contribution in [0.15, 0.2) is 43.0 Å². The van der Waals surface area contributed by atoms with Gasteiger partial charge >= 0.3 is 6.41 Å². The van der Waals surface area contributed by atoms with Gasteiger partial charge in [0, 0.05) is 42.9 Å². The summed E-state index contributed by atoms with van der Waals surface area (Å²) in [6.07, 6.45) is 12.6. The zero-order valence-corrected chi connectivity index (χ0v) is 19.3. The molecule has 1 fully saturated rings. The topological polar surface area (TPSA) is 57.0 Å². The summed E-state index contributed by atoms with van der Waals surface area (Å²) in [4.78, 5) is 21.1. The molecule has 2 aliphatic heterocycles. The SMILES string of the molecule is COc1cc([N+](C=O)(C(C)C)C2CCCCC2)ccc1Cn1ccc2ncnc-2c1.Cl. The predicted octanol–water partition coefficient (Wildman–Crippen LogP) is 5.07. The highest BCUT2D eigenvalue weighted by molar-refractivity contribution is 5.85. The van der Waals surface area contributed by atoms with Crippen LogP contribution >= 0.6 is 12.4 Å². The Balaban J connectivity index is 0.00000272. The molecule has 0 aromatic heterocycles. The number of quaternary nitrogens is 1. The predicted molar refractivity (Wildman–Crippen MR) is 126 cm³/mol. The summed E-state index contributed by atoms with van der Waals surface area (Å²) in [6, 6.07) is 8.76. The molecule has 0 bridgehead atoms. The Morgan fingerprint density at radius 2 is 1.90 bits per heavy atom. The van der Waals surface area contributed by atoms with Gasteiger partial charge in [-0.3, -0.25) is 0 Å². The van der Waals surface area contributed by atoms with E-state index in [9.17, 15) is 4.79 Å². The van der Waals surface area contributed by atoms with Crippen molar-refractivity contribution in [3.05, 3.63) is 48.5 Å². The average molecular weight is 444 g/mol. The zero-order valence-electron chi connectivity index (χ0n) is 18.5.